The van der Waals surface area contributed by atoms with Crippen molar-refractivity contribution < 1.29 is 14.3 Å². The molecule has 1 fully saturated rings. The monoisotopic (exact) mass is 296 g/mol. The van der Waals surface area contributed by atoms with Crippen molar-refractivity contribution in [2.75, 3.05) is 26.7 Å². The van der Waals surface area contributed by atoms with E-state index in [1.807, 2.05) is 13.0 Å². The van der Waals surface area contributed by atoms with Gasteiger partial charge in [-0.25, -0.2) is 0 Å². The third kappa shape index (κ3) is 2.94. The lowest BCUT2D eigenvalue weighted by Gasteiger charge is -2.32. The molecule has 0 bridgehead atoms. The highest BCUT2D eigenvalue weighted by atomic mass is 35.5. The van der Waals surface area contributed by atoms with Crippen molar-refractivity contribution in [3.05, 3.63) is 34.3 Å². The smallest absolute Gasteiger partial charge is 0.255 e. The summed E-state index contributed by atoms with van der Waals surface area (Å²) in [5.74, 6) is -0.395. The van der Waals surface area contributed by atoms with Gasteiger partial charge in [-0.15, -0.1) is 0 Å². The van der Waals surface area contributed by atoms with Gasteiger partial charge in [-0.05, 0) is 18.6 Å². The molecule has 2 rings (SSSR count). The molecule has 0 aliphatic carbocycles. The van der Waals surface area contributed by atoms with E-state index >= 15 is 0 Å². The van der Waals surface area contributed by atoms with Gasteiger partial charge in [0.1, 0.15) is 0 Å². The van der Waals surface area contributed by atoms with Crippen molar-refractivity contribution in [1.29, 1.82) is 0 Å². The number of carbonyl (C=O) groups is 2. The van der Waals surface area contributed by atoms with Crippen molar-refractivity contribution in [2.24, 2.45) is 0 Å². The Morgan fingerprint density at radius 3 is 2.90 bits per heavy atom. The fourth-order valence-corrected chi connectivity index (χ4v) is 2.34. The highest BCUT2D eigenvalue weighted by Gasteiger charge is 2.29. The first-order valence-electron chi connectivity index (χ1n) is 6.42. The molecule has 1 atom stereocenters. The Balaban J connectivity index is 2.16. The van der Waals surface area contributed by atoms with Gasteiger partial charge in [-0.3, -0.25) is 9.59 Å². The topological polar surface area (TPSA) is 58.6 Å². The maximum Gasteiger partial charge on any atom is 0.255 e. The first kappa shape index (κ1) is 14.8. The summed E-state index contributed by atoms with van der Waals surface area (Å²) in [6.45, 7) is 2.89. The third-order valence-electron chi connectivity index (χ3n) is 3.31. The van der Waals surface area contributed by atoms with Gasteiger partial charge in [0.25, 0.3) is 11.8 Å². The Hall–Kier alpha value is -1.59. The van der Waals surface area contributed by atoms with E-state index in [0.29, 0.717) is 23.7 Å². The van der Waals surface area contributed by atoms with Crippen LogP contribution in [0.25, 0.3) is 0 Å². The van der Waals surface area contributed by atoms with Crippen molar-refractivity contribution in [1.82, 2.24) is 10.2 Å². The summed E-state index contributed by atoms with van der Waals surface area (Å²) in [6.07, 6.45) is -0.624. The first-order chi connectivity index (χ1) is 9.54. The number of nitrogens with one attached hydrogen (secondary N) is 1. The minimum Gasteiger partial charge on any atom is -0.365 e. The minimum atomic E-state index is -0.624. The number of aryl methyl sites for hydroxylation is 1. The number of carbonyl (C=O) groups excluding carboxylic acids is 2. The SMILES string of the molecule is CNC(=O)C1CN(C(=O)c2cccc(C)c2Cl)CCO1. The van der Waals surface area contributed by atoms with E-state index in [0.717, 1.165) is 5.56 Å². The Kier molecular flexibility index (Phi) is 4.62. The highest BCUT2D eigenvalue weighted by Crippen LogP contribution is 2.22. The molecule has 0 aromatic heterocycles. The summed E-state index contributed by atoms with van der Waals surface area (Å²) in [6, 6.07) is 5.35. The van der Waals surface area contributed by atoms with Gasteiger partial charge in [0.15, 0.2) is 6.10 Å². The van der Waals surface area contributed by atoms with Crippen LogP contribution < -0.4 is 5.32 Å². The zero-order valence-electron chi connectivity index (χ0n) is 11.5. The van der Waals surface area contributed by atoms with Crippen LogP contribution in [0, 0.1) is 6.92 Å². The number of morpholine rings is 1. The normalized spacial score (nSPS) is 18.8. The Morgan fingerprint density at radius 1 is 1.45 bits per heavy atom. The molecule has 1 aromatic rings. The number of hydrogen-bond acceptors (Lipinski definition) is 3. The van der Waals surface area contributed by atoms with E-state index in [2.05, 4.69) is 5.32 Å². The third-order valence-corrected chi connectivity index (χ3v) is 3.82. The number of likely N-dealkylation sites (N-methyl/N-ethyl adjacent to an activating group) is 1. The van der Waals surface area contributed by atoms with E-state index in [4.69, 9.17) is 16.3 Å². The van der Waals surface area contributed by atoms with Gasteiger partial charge in [0, 0.05) is 13.6 Å². The molecule has 0 radical (unpaired) electrons. The summed E-state index contributed by atoms with van der Waals surface area (Å²) in [5, 5.41) is 2.99. The van der Waals surface area contributed by atoms with E-state index in [-0.39, 0.29) is 18.4 Å². The van der Waals surface area contributed by atoms with E-state index in [9.17, 15) is 9.59 Å². The molecule has 6 heteroatoms. The molecule has 108 valence electrons. The summed E-state index contributed by atoms with van der Waals surface area (Å²) in [7, 11) is 1.55. The summed E-state index contributed by atoms with van der Waals surface area (Å²) in [4.78, 5) is 25.7. The van der Waals surface area contributed by atoms with E-state index in [1.165, 1.54) is 0 Å². The van der Waals surface area contributed by atoms with Crippen LogP contribution in [0.1, 0.15) is 15.9 Å². The molecule has 0 saturated carbocycles. The van der Waals surface area contributed by atoms with Crippen LogP contribution in [0.15, 0.2) is 18.2 Å². The summed E-state index contributed by atoms with van der Waals surface area (Å²) in [5.41, 5.74) is 1.32. The maximum absolute atomic E-state index is 12.5. The molecule has 1 saturated heterocycles. The minimum absolute atomic E-state index is 0.170. The van der Waals surface area contributed by atoms with Crippen molar-refractivity contribution >= 4 is 23.4 Å². The molecule has 1 aliphatic rings. The average molecular weight is 297 g/mol. The molecule has 20 heavy (non-hydrogen) atoms. The predicted octanol–water partition coefficient (Wildman–Crippen LogP) is 1.24. The standard InChI is InChI=1S/C14H17ClN2O3/c1-9-4-3-5-10(12(9)15)14(19)17-6-7-20-11(8-17)13(18)16-2/h3-5,11H,6-8H2,1-2H3,(H,16,18). The zero-order chi connectivity index (χ0) is 14.7. The lowest BCUT2D eigenvalue weighted by atomic mass is 10.1. The van der Waals surface area contributed by atoms with Gasteiger partial charge >= 0.3 is 0 Å². The lowest BCUT2D eigenvalue weighted by molar-refractivity contribution is -0.136. The number of nitrogens with zero attached hydrogens (tertiary/aromatic N) is 1. The second kappa shape index (κ2) is 6.24. The fourth-order valence-electron chi connectivity index (χ4n) is 2.14. The maximum atomic E-state index is 12.5. The molecule has 1 unspecified atom stereocenters. The van der Waals surface area contributed by atoms with Gasteiger partial charge in [-0.1, -0.05) is 23.7 Å². The number of amides is 2. The average Bonchev–Trinajstić information content (AvgIpc) is 2.48. The Morgan fingerprint density at radius 2 is 2.20 bits per heavy atom. The zero-order valence-corrected chi connectivity index (χ0v) is 12.2. The molecule has 5 nitrogen and oxygen atoms in total. The van der Waals surface area contributed by atoms with Gasteiger partial charge in [0.05, 0.1) is 23.7 Å². The van der Waals surface area contributed by atoms with Crippen LogP contribution in [0.3, 0.4) is 0 Å². The molecule has 2 amide bonds. The Labute approximate surface area is 122 Å². The molecule has 1 N–H and O–H groups in total. The van der Waals surface area contributed by atoms with Crippen molar-refractivity contribution in [3.63, 3.8) is 0 Å². The molecule has 1 heterocycles. The molecule has 0 spiro atoms. The van der Waals surface area contributed by atoms with Gasteiger partial charge in [0.2, 0.25) is 0 Å². The summed E-state index contributed by atoms with van der Waals surface area (Å²) < 4.78 is 5.36. The van der Waals surface area contributed by atoms with E-state index in [1.54, 1.807) is 24.1 Å². The number of benzene rings is 1. The second-order valence-electron chi connectivity index (χ2n) is 4.66. The van der Waals surface area contributed by atoms with Crippen LogP contribution >= 0.6 is 11.6 Å². The summed E-state index contributed by atoms with van der Waals surface area (Å²) >= 11 is 6.18. The highest BCUT2D eigenvalue weighted by molar-refractivity contribution is 6.34. The van der Waals surface area contributed by atoms with Crippen LogP contribution in [0.4, 0.5) is 0 Å². The molecular weight excluding hydrogens is 280 g/mol. The Bertz CT molecular complexity index is 533. The van der Waals surface area contributed by atoms with E-state index < -0.39 is 6.10 Å². The number of halogens is 1. The molecule has 1 aliphatic heterocycles. The van der Waals surface area contributed by atoms with Gasteiger partial charge < -0.3 is 15.0 Å². The van der Waals surface area contributed by atoms with Crippen molar-refractivity contribution in [2.45, 2.75) is 13.0 Å². The van der Waals surface area contributed by atoms with Crippen LogP contribution in [0.2, 0.25) is 5.02 Å². The number of ether oxygens (including phenoxy) is 1. The molecular formula is C14H17ClN2O3. The van der Waals surface area contributed by atoms with Crippen LogP contribution in [0.5, 0.6) is 0 Å². The number of hydrogen-bond donors (Lipinski definition) is 1. The van der Waals surface area contributed by atoms with Crippen LogP contribution in [-0.2, 0) is 9.53 Å². The van der Waals surface area contributed by atoms with Gasteiger partial charge in [-0.2, -0.15) is 0 Å². The second-order valence-corrected chi connectivity index (χ2v) is 5.04. The fraction of sp³-hybridized carbons (Fsp3) is 0.429. The quantitative estimate of drug-likeness (QED) is 0.893. The predicted molar refractivity (Wildman–Crippen MR) is 75.9 cm³/mol. The first-order valence-corrected chi connectivity index (χ1v) is 6.80. The molecule has 1 aromatic carbocycles. The lowest BCUT2D eigenvalue weighted by Crippen LogP contribution is -2.51. The van der Waals surface area contributed by atoms with Crippen LogP contribution in [-0.4, -0.2) is 49.6 Å². The van der Waals surface area contributed by atoms with Crippen molar-refractivity contribution in [3.8, 4) is 0 Å². The largest absolute Gasteiger partial charge is 0.365 e. The number of rotatable bonds is 2.